The molecular formula is C17H26N2O3. The third-order valence-corrected chi connectivity index (χ3v) is 3.55. The van der Waals surface area contributed by atoms with Gasteiger partial charge in [0, 0.05) is 6.54 Å². The van der Waals surface area contributed by atoms with Crippen LogP contribution >= 0.6 is 0 Å². The van der Waals surface area contributed by atoms with Gasteiger partial charge >= 0.3 is 6.03 Å². The highest BCUT2D eigenvalue weighted by molar-refractivity contribution is 5.91. The molecule has 5 nitrogen and oxygen atoms in total. The zero-order valence-electron chi connectivity index (χ0n) is 13.6. The molecule has 2 rings (SSSR count). The molecule has 0 aliphatic heterocycles. The first-order chi connectivity index (χ1) is 10.4. The van der Waals surface area contributed by atoms with E-state index in [1.165, 1.54) is 12.8 Å². The highest BCUT2D eigenvalue weighted by Crippen LogP contribution is 2.31. The van der Waals surface area contributed by atoms with Crippen LogP contribution in [-0.4, -0.2) is 41.3 Å². The zero-order chi connectivity index (χ0) is 16.2. The number of amides is 2. The number of hydrogen-bond acceptors (Lipinski definition) is 3. The minimum atomic E-state index is -0.921. The number of carbonyl (C=O) groups is 1. The highest BCUT2D eigenvalue weighted by atomic mass is 16.5. The van der Waals surface area contributed by atoms with Gasteiger partial charge in [-0.1, -0.05) is 12.1 Å². The molecule has 1 aromatic rings. The molecule has 1 fully saturated rings. The lowest BCUT2D eigenvalue weighted by atomic mass is 10.1. The van der Waals surface area contributed by atoms with Crippen molar-refractivity contribution < 1.29 is 14.6 Å². The van der Waals surface area contributed by atoms with Crippen LogP contribution in [0.15, 0.2) is 24.3 Å². The van der Waals surface area contributed by atoms with Crippen molar-refractivity contribution in [1.29, 1.82) is 0 Å². The quantitative estimate of drug-likeness (QED) is 0.813. The number of carbonyl (C=O) groups excluding carboxylic acids is 1. The zero-order valence-corrected chi connectivity index (χ0v) is 13.6. The number of ether oxygens (including phenoxy) is 1. The molecule has 0 spiro atoms. The summed E-state index contributed by atoms with van der Waals surface area (Å²) in [7, 11) is 0. The van der Waals surface area contributed by atoms with Crippen LogP contribution in [0.5, 0.6) is 5.75 Å². The molecule has 0 unspecified atom stereocenters. The van der Waals surface area contributed by atoms with Crippen molar-refractivity contribution in [2.24, 2.45) is 5.92 Å². The first-order valence-electron chi connectivity index (χ1n) is 7.89. The smallest absolute Gasteiger partial charge is 0.322 e. The van der Waals surface area contributed by atoms with Crippen LogP contribution < -0.4 is 10.1 Å². The number of nitrogens with zero attached hydrogens (tertiary/aromatic N) is 1. The maximum Gasteiger partial charge on any atom is 0.322 e. The van der Waals surface area contributed by atoms with Crippen LogP contribution in [0, 0.1) is 5.92 Å². The molecule has 1 aromatic carbocycles. The van der Waals surface area contributed by atoms with Crippen LogP contribution in [0.25, 0.3) is 0 Å². The van der Waals surface area contributed by atoms with Gasteiger partial charge in [-0.2, -0.15) is 0 Å². The Labute approximate surface area is 132 Å². The summed E-state index contributed by atoms with van der Waals surface area (Å²) in [5.41, 5.74) is -0.252. The van der Waals surface area contributed by atoms with Crippen molar-refractivity contribution in [3.8, 4) is 5.75 Å². The molecule has 0 heterocycles. The summed E-state index contributed by atoms with van der Waals surface area (Å²) in [4.78, 5) is 14.0. The van der Waals surface area contributed by atoms with Gasteiger partial charge in [0.05, 0.1) is 24.4 Å². The second kappa shape index (κ2) is 7.01. The monoisotopic (exact) mass is 306 g/mol. The van der Waals surface area contributed by atoms with Crippen LogP contribution in [0.1, 0.15) is 33.6 Å². The molecule has 22 heavy (non-hydrogen) atoms. The minimum Gasteiger partial charge on any atom is -0.491 e. The van der Waals surface area contributed by atoms with E-state index in [9.17, 15) is 9.90 Å². The highest BCUT2D eigenvalue weighted by Gasteiger charge is 2.24. The number of hydrogen-bond donors (Lipinski definition) is 2. The largest absolute Gasteiger partial charge is 0.491 e. The third kappa shape index (κ3) is 5.22. The van der Waals surface area contributed by atoms with Crippen molar-refractivity contribution in [2.45, 2.75) is 39.2 Å². The predicted molar refractivity (Wildman–Crippen MR) is 87.2 cm³/mol. The summed E-state index contributed by atoms with van der Waals surface area (Å²) in [5, 5.41) is 12.8. The number of aliphatic hydroxyl groups is 1. The van der Waals surface area contributed by atoms with E-state index < -0.39 is 5.60 Å². The Morgan fingerprint density at radius 3 is 2.68 bits per heavy atom. The Morgan fingerprint density at radius 2 is 2.09 bits per heavy atom. The Hall–Kier alpha value is -1.75. The van der Waals surface area contributed by atoms with Gasteiger partial charge in [-0.05, 0) is 51.7 Å². The minimum absolute atomic E-state index is 0.230. The van der Waals surface area contributed by atoms with E-state index in [-0.39, 0.29) is 12.6 Å². The lowest BCUT2D eigenvalue weighted by Crippen LogP contribution is -2.44. The number of para-hydroxylation sites is 2. The molecule has 5 heteroatoms. The molecule has 2 N–H and O–H groups in total. The summed E-state index contributed by atoms with van der Waals surface area (Å²) >= 11 is 0. The van der Waals surface area contributed by atoms with E-state index >= 15 is 0 Å². The molecule has 2 amide bonds. The fourth-order valence-corrected chi connectivity index (χ4v) is 2.18. The van der Waals surface area contributed by atoms with E-state index in [0.29, 0.717) is 30.5 Å². The first-order valence-corrected chi connectivity index (χ1v) is 7.89. The number of benzene rings is 1. The molecular weight excluding hydrogens is 280 g/mol. The van der Waals surface area contributed by atoms with Crippen LogP contribution in [0.2, 0.25) is 0 Å². The van der Waals surface area contributed by atoms with Gasteiger partial charge in [-0.25, -0.2) is 4.79 Å². The lowest BCUT2D eigenvalue weighted by Gasteiger charge is -2.28. The summed E-state index contributed by atoms with van der Waals surface area (Å²) in [6, 6.07) is 7.23. The molecule has 0 saturated heterocycles. The van der Waals surface area contributed by atoms with Gasteiger partial charge in [0.1, 0.15) is 5.75 Å². The van der Waals surface area contributed by atoms with Crippen LogP contribution in [0.4, 0.5) is 10.5 Å². The Balaban J connectivity index is 2.00. The van der Waals surface area contributed by atoms with Crippen molar-refractivity contribution in [2.75, 3.05) is 25.0 Å². The van der Waals surface area contributed by atoms with E-state index in [0.717, 1.165) is 0 Å². The predicted octanol–water partition coefficient (Wildman–Crippen LogP) is 3.10. The number of nitrogens with one attached hydrogen (secondary N) is 1. The number of likely N-dealkylation sites (N-methyl/N-ethyl adjacent to an activating group) is 1. The number of rotatable bonds is 7. The average Bonchev–Trinajstić information content (AvgIpc) is 3.27. The first kappa shape index (κ1) is 16.6. The van der Waals surface area contributed by atoms with Gasteiger partial charge in [-0.15, -0.1) is 0 Å². The maximum absolute atomic E-state index is 12.4. The van der Waals surface area contributed by atoms with E-state index in [1.54, 1.807) is 18.7 Å². The molecule has 1 saturated carbocycles. The van der Waals surface area contributed by atoms with E-state index in [2.05, 4.69) is 5.32 Å². The Morgan fingerprint density at radius 1 is 1.41 bits per heavy atom. The lowest BCUT2D eigenvalue weighted by molar-refractivity contribution is 0.0501. The standard InChI is InChI=1S/C17H26N2O3/c1-4-19(12-17(2,3)21)16(20)18-14-7-5-6-8-15(14)22-11-13-9-10-13/h5-8,13,21H,4,9-12H2,1-3H3,(H,18,20). The normalized spacial score (nSPS) is 14.5. The van der Waals surface area contributed by atoms with Crippen molar-refractivity contribution in [3.05, 3.63) is 24.3 Å². The van der Waals surface area contributed by atoms with E-state index in [1.807, 2.05) is 31.2 Å². The fraction of sp³-hybridized carbons (Fsp3) is 0.588. The average molecular weight is 306 g/mol. The summed E-state index contributed by atoms with van der Waals surface area (Å²) in [5.74, 6) is 1.35. The van der Waals surface area contributed by atoms with Gasteiger partial charge in [0.25, 0.3) is 0 Å². The molecule has 0 radical (unpaired) electrons. The molecule has 0 bridgehead atoms. The van der Waals surface area contributed by atoms with Crippen molar-refractivity contribution in [3.63, 3.8) is 0 Å². The van der Waals surface area contributed by atoms with Crippen molar-refractivity contribution >= 4 is 11.7 Å². The van der Waals surface area contributed by atoms with Gasteiger partial charge in [0.2, 0.25) is 0 Å². The summed E-state index contributed by atoms with van der Waals surface area (Å²) in [6.07, 6.45) is 2.45. The third-order valence-electron chi connectivity index (χ3n) is 3.55. The van der Waals surface area contributed by atoms with E-state index in [4.69, 9.17) is 4.74 Å². The summed E-state index contributed by atoms with van der Waals surface area (Å²) in [6.45, 7) is 6.78. The Kier molecular flexibility index (Phi) is 5.29. The fourth-order valence-electron chi connectivity index (χ4n) is 2.18. The van der Waals surface area contributed by atoms with Crippen molar-refractivity contribution in [1.82, 2.24) is 4.90 Å². The Bertz CT molecular complexity index is 507. The molecule has 0 atom stereocenters. The second-order valence-corrected chi connectivity index (χ2v) is 6.51. The molecule has 122 valence electrons. The van der Waals surface area contributed by atoms with Crippen LogP contribution in [-0.2, 0) is 0 Å². The maximum atomic E-state index is 12.4. The van der Waals surface area contributed by atoms with Gasteiger partial charge in [0.15, 0.2) is 0 Å². The summed E-state index contributed by atoms with van der Waals surface area (Å²) < 4.78 is 5.79. The number of anilines is 1. The topological polar surface area (TPSA) is 61.8 Å². The SMILES string of the molecule is CCN(CC(C)(C)O)C(=O)Nc1ccccc1OCC1CC1. The van der Waals surface area contributed by atoms with Gasteiger partial charge < -0.3 is 20.1 Å². The van der Waals surface area contributed by atoms with Gasteiger partial charge in [-0.3, -0.25) is 0 Å². The molecule has 1 aliphatic carbocycles. The number of urea groups is 1. The molecule has 1 aliphatic rings. The second-order valence-electron chi connectivity index (χ2n) is 6.51. The molecule has 0 aromatic heterocycles. The van der Waals surface area contributed by atoms with Crippen LogP contribution in [0.3, 0.4) is 0 Å².